The second kappa shape index (κ2) is 7.88. The normalized spacial score (nSPS) is 10.7. The molecule has 1 heterocycles. The van der Waals surface area contributed by atoms with E-state index in [0.29, 0.717) is 11.5 Å². The van der Waals surface area contributed by atoms with Gasteiger partial charge in [0.05, 0.1) is 10.6 Å². The molecule has 2 aromatic carbocycles. The highest BCUT2D eigenvalue weighted by atomic mass is 32.1. The predicted octanol–water partition coefficient (Wildman–Crippen LogP) is 5.78. The molecule has 1 aromatic heterocycles. The lowest BCUT2D eigenvalue weighted by Gasteiger charge is -2.11. The van der Waals surface area contributed by atoms with Gasteiger partial charge in [-0.3, -0.25) is 4.79 Å². The number of thiophene rings is 1. The van der Waals surface area contributed by atoms with Crippen LogP contribution in [-0.2, 0) is 6.61 Å². The maximum Gasteiger partial charge on any atom is 0.265 e. The average Bonchev–Trinajstić information content (AvgIpc) is 3.08. The molecular weight excluding hydrogens is 368 g/mol. The van der Waals surface area contributed by atoms with Gasteiger partial charge in [0.25, 0.3) is 5.91 Å². The van der Waals surface area contributed by atoms with Crippen LogP contribution >= 0.6 is 11.3 Å². The molecule has 6 heteroatoms. The van der Waals surface area contributed by atoms with Crippen molar-refractivity contribution >= 4 is 22.9 Å². The third-order valence-corrected chi connectivity index (χ3v) is 5.19. The third-order valence-electron chi connectivity index (χ3n) is 4.22. The van der Waals surface area contributed by atoms with Crippen LogP contribution in [0.5, 0.6) is 5.75 Å². The Morgan fingerprint density at radius 3 is 2.63 bits per heavy atom. The molecule has 0 aliphatic heterocycles. The van der Waals surface area contributed by atoms with Crippen molar-refractivity contribution in [1.82, 2.24) is 0 Å². The summed E-state index contributed by atoms with van der Waals surface area (Å²) in [4.78, 5) is 12.7. The number of hydrogen-bond acceptors (Lipinski definition) is 3. The molecule has 1 N–H and O–H groups in total. The number of aryl methyl sites for hydroxylation is 2. The van der Waals surface area contributed by atoms with Crippen LogP contribution in [0.4, 0.5) is 14.5 Å². The molecule has 0 spiro atoms. The van der Waals surface area contributed by atoms with E-state index in [1.54, 1.807) is 6.07 Å². The molecular formula is C21H19F2NO2S. The molecule has 1 amide bonds. The zero-order chi connectivity index (χ0) is 19.6. The van der Waals surface area contributed by atoms with E-state index in [2.05, 4.69) is 11.4 Å². The van der Waals surface area contributed by atoms with Gasteiger partial charge < -0.3 is 10.1 Å². The number of halogens is 2. The molecule has 27 heavy (non-hydrogen) atoms. The fourth-order valence-electron chi connectivity index (χ4n) is 2.66. The van der Waals surface area contributed by atoms with Crippen LogP contribution < -0.4 is 10.1 Å². The van der Waals surface area contributed by atoms with Gasteiger partial charge in [-0.05, 0) is 67.1 Å². The fraction of sp³-hybridized carbons (Fsp3) is 0.190. The predicted molar refractivity (Wildman–Crippen MR) is 104 cm³/mol. The number of benzene rings is 2. The van der Waals surface area contributed by atoms with Crippen LogP contribution in [0.15, 0.2) is 41.8 Å². The van der Waals surface area contributed by atoms with Crippen molar-refractivity contribution in [2.45, 2.75) is 27.4 Å². The Kier molecular flexibility index (Phi) is 5.56. The van der Waals surface area contributed by atoms with Gasteiger partial charge in [0.1, 0.15) is 24.0 Å². The van der Waals surface area contributed by atoms with Gasteiger partial charge in [-0.25, -0.2) is 8.78 Å². The molecule has 0 aliphatic carbocycles. The summed E-state index contributed by atoms with van der Waals surface area (Å²) in [5.41, 5.74) is 4.17. The van der Waals surface area contributed by atoms with Crippen molar-refractivity contribution in [2.24, 2.45) is 0 Å². The van der Waals surface area contributed by atoms with Crippen LogP contribution in [0.1, 0.15) is 31.9 Å². The molecule has 0 fully saturated rings. The Balaban J connectivity index is 1.67. The summed E-state index contributed by atoms with van der Waals surface area (Å²) in [6, 6.07) is 8.82. The summed E-state index contributed by atoms with van der Waals surface area (Å²) in [5, 5.41) is 4.28. The van der Waals surface area contributed by atoms with E-state index >= 15 is 0 Å². The Bertz CT molecular complexity index is 998. The van der Waals surface area contributed by atoms with E-state index < -0.39 is 17.5 Å². The zero-order valence-corrected chi connectivity index (χ0v) is 16.0. The lowest BCUT2D eigenvalue weighted by atomic mass is 10.1. The highest BCUT2D eigenvalue weighted by molar-refractivity contribution is 7.12. The fourth-order valence-corrected chi connectivity index (χ4v) is 3.45. The maximum atomic E-state index is 13.7. The Morgan fingerprint density at radius 1 is 1.11 bits per heavy atom. The van der Waals surface area contributed by atoms with E-state index in [0.717, 1.165) is 40.1 Å². The highest BCUT2D eigenvalue weighted by Gasteiger charge is 2.13. The number of carbonyl (C=O) groups excluding carboxylic acids is 1. The van der Waals surface area contributed by atoms with Gasteiger partial charge in [-0.2, -0.15) is 0 Å². The largest absolute Gasteiger partial charge is 0.489 e. The van der Waals surface area contributed by atoms with E-state index in [1.165, 1.54) is 17.4 Å². The average molecular weight is 387 g/mol. The van der Waals surface area contributed by atoms with E-state index in [4.69, 9.17) is 4.74 Å². The molecule has 0 saturated carbocycles. The summed E-state index contributed by atoms with van der Waals surface area (Å²) < 4.78 is 32.5. The van der Waals surface area contributed by atoms with Gasteiger partial charge in [0.2, 0.25) is 0 Å². The van der Waals surface area contributed by atoms with E-state index in [-0.39, 0.29) is 5.69 Å². The van der Waals surface area contributed by atoms with E-state index in [1.807, 2.05) is 32.2 Å². The number of anilines is 1. The van der Waals surface area contributed by atoms with Crippen LogP contribution in [-0.4, -0.2) is 5.91 Å². The molecule has 3 nitrogen and oxygen atoms in total. The molecule has 140 valence electrons. The van der Waals surface area contributed by atoms with Crippen molar-refractivity contribution in [3.05, 3.63) is 80.5 Å². The molecule has 0 atom stereocenters. The Labute approximate surface area is 160 Å². The monoisotopic (exact) mass is 387 g/mol. The second-order valence-electron chi connectivity index (χ2n) is 6.39. The van der Waals surface area contributed by atoms with Crippen LogP contribution in [0.2, 0.25) is 0 Å². The lowest BCUT2D eigenvalue weighted by molar-refractivity contribution is 0.103. The summed E-state index contributed by atoms with van der Waals surface area (Å²) in [6.07, 6.45) is 0. The summed E-state index contributed by atoms with van der Waals surface area (Å²) in [6.45, 7) is 6.39. The minimum absolute atomic E-state index is 0.0570. The van der Waals surface area contributed by atoms with Crippen molar-refractivity contribution in [1.29, 1.82) is 0 Å². The SMILES string of the molecule is Cc1cc(C)c(C)c(OCc2csc(C(=O)Nc3ccc(F)cc3F)c2)c1. The first-order valence-corrected chi connectivity index (χ1v) is 9.26. The molecule has 0 bridgehead atoms. The number of rotatable bonds is 5. The lowest BCUT2D eigenvalue weighted by Crippen LogP contribution is -2.11. The zero-order valence-electron chi connectivity index (χ0n) is 15.2. The molecule has 3 rings (SSSR count). The van der Waals surface area contributed by atoms with Crippen LogP contribution in [0.3, 0.4) is 0 Å². The number of nitrogens with one attached hydrogen (secondary N) is 1. The van der Waals surface area contributed by atoms with Crippen LogP contribution in [0.25, 0.3) is 0 Å². The van der Waals surface area contributed by atoms with E-state index in [9.17, 15) is 13.6 Å². The number of ether oxygens (including phenoxy) is 1. The smallest absolute Gasteiger partial charge is 0.265 e. The highest BCUT2D eigenvalue weighted by Crippen LogP contribution is 2.25. The number of amides is 1. The quantitative estimate of drug-likeness (QED) is 0.602. The summed E-state index contributed by atoms with van der Waals surface area (Å²) in [5.74, 6) is -1.13. The topological polar surface area (TPSA) is 38.3 Å². The Morgan fingerprint density at radius 2 is 1.89 bits per heavy atom. The molecule has 0 radical (unpaired) electrons. The summed E-state index contributed by atoms with van der Waals surface area (Å²) in [7, 11) is 0. The standard InChI is InChI=1S/C21H19F2NO2S/c1-12-6-13(2)14(3)19(7-12)26-10-15-8-20(27-11-15)21(25)24-18-5-4-16(22)9-17(18)23/h4-9,11H,10H2,1-3H3,(H,24,25). The summed E-state index contributed by atoms with van der Waals surface area (Å²) >= 11 is 1.24. The number of hydrogen-bond donors (Lipinski definition) is 1. The minimum atomic E-state index is -0.811. The molecule has 0 saturated heterocycles. The van der Waals surface area contributed by atoms with Crippen molar-refractivity contribution in [3.8, 4) is 5.75 Å². The third kappa shape index (κ3) is 4.52. The van der Waals surface area contributed by atoms with Crippen molar-refractivity contribution in [2.75, 3.05) is 5.32 Å². The Hall–Kier alpha value is -2.73. The second-order valence-corrected chi connectivity index (χ2v) is 7.30. The van der Waals surface area contributed by atoms with Gasteiger partial charge >= 0.3 is 0 Å². The van der Waals surface area contributed by atoms with Crippen LogP contribution in [0, 0.1) is 32.4 Å². The maximum absolute atomic E-state index is 13.7. The first-order chi connectivity index (χ1) is 12.8. The molecule has 3 aromatic rings. The van der Waals surface area contributed by atoms with Gasteiger partial charge in [0, 0.05) is 11.6 Å². The molecule has 0 unspecified atom stereocenters. The number of carbonyl (C=O) groups is 1. The van der Waals surface area contributed by atoms with Gasteiger partial charge in [-0.1, -0.05) is 6.07 Å². The van der Waals surface area contributed by atoms with Gasteiger partial charge in [-0.15, -0.1) is 11.3 Å². The first-order valence-electron chi connectivity index (χ1n) is 8.38. The first kappa shape index (κ1) is 19.0. The minimum Gasteiger partial charge on any atom is -0.489 e. The van der Waals surface area contributed by atoms with Gasteiger partial charge in [0.15, 0.2) is 0 Å². The molecule has 0 aliphatic rings. The van der Waals surface area contributed by atoms with Crippen molar-refractivity contribution in [3.63, 3.8) is 0 Å². The van der Waals surface area contributed by atoms with Crippen molar-refractivity contribution < 1.29 is 18.3 Å².